The van der Waals surface area contributed by atoms with E-state index in [9.17, 15) is 9.59 Å². The number of nitrogens with zero attached hydrogens (tertiary/aromatic N) is 1. The molecule has 0 saturated carbocycles. The first-order valence-corrected chi connectivity index (χ1v) is 4.64. The van der Waals surface area contributed by atoms with Crippen LogP contribution in [0.3, 0.4) is 0 Å². The van der Waals surface area contributed by atoms with Crippen LogP contribution in [-0.4, -0.2) is 31.6 Å². The fourth-order valence-corrected chi connectivity index (χ4v) is 2.30. The number of amides is 2. The summed E-state index contributed by atoms with van der Waals surface area (Å²) in [5, 5.41) is 8.26. The summed E-state index contributed by atoms with van der Waals surface area (Å²) in [6, 6.07) is 0. The van der Waals surface area contributed by atoms with E-state index in [0.717, 1.165) is 11.8 Å². The van der Waals surface area contributed by atoms with Crippen molar-refractivity contribution >= 4 is 40.3 Å². The highest BCUT2D eigenvalue weighted by Crippen LogP contribution is 2.29. The number of thioether (sulfide) groups is 1. The Morgan fingerprint density at radius 2 is 2.42 bits per heavy atom. The lowest BCUT2D eigenvalue weighted by Gasteiger charge is -2.06. The normalized spacial score (nSPS) is 23.4. The van der Waals surface area contributed by atoms with Gasteiger partial charge in [0.15, 0.2) is 4.32 Å². The van der Waals surface area contributed by atoms with Gasteiger partial charge in [0.2, 0.25) is 0 Å². The van der Waals surface area contributed by atoms with Gasteiger partial charge in [0.05, 0.1) is 5.25 Å². The van der Waals surface area contributed by atoms with Crippen LogP contribution in [0.4, 0.5) is 4.79 Å². The molecule has 0 aliphatic carbocycles. The average Bonchev–Trinajstić information content (AvgIpc) is 2.25. The zero-order valence-electron chi connectivity index (χ0n) is 6.31. The molecule has 1 rings (SSSR count). The Balaban J connectivity index is 2.84. The molecule has 1 unspecified atom stereocenters. The molecule has 66 valence electrons. The highest BCUT2D eigenvalue weighted by molar-refractivity contribution is 8.24. The van der Waals surface area contributed by atoms with Gasteiger partial charge in [-0.15, -0.1) is 0 Å². The lowest BCUT2D eigenvalue weighted by Crippen LogP contribution is -2.35. The minimum atomic E-state index is -1.28. The molecule has 2 amide bonds. The average molecular weight is 205 g/mol. The first kappa shape index (κ1) is 9.47. The van der Waals surface area contributed by atoms with Crippen LogP contribution in [0.5, 0.6) is 0 Å². The Labute approximate surface area is 78.9 Å². The predicted molar refractivity (Wildman–Crippen MR) is 49.1 cm³/mol. The van der Waals surface area contributed by atoms with E-state index >= 15 is 0 Å². The summed E-state index contributed by atoms with van der Waals surface area (Å²) in [7, 11) is 0. The number of thiocarbonyl (C=S) groups is 1. The first-order chi connectivity index (χ1) is 5.57. The number of hydrogen-bond acceptors (Lipinski definition) is 4. The third-order valence-electron chi connectivity index (χ3n) is 1.48. The molecule has 1 fully saturated rings. The third kappa shape index (κ3) is 1.44. The smallest absolute Gasteiger partial charge is 0.419 e. The van der Waals surface area contributed by atoms with Crippen LogP contribution in [0.1, 0.15) is 13.3 Å². The molecule has 4 nitrogen and oxygen atoms in total. The van der Waals surface area contributed by atoms with Crippen molar-refractivity contribution in [3.8, 4) is 0 Å². The molecule has 1 aliphatic heterocycles. The van der Waals surface area contributed by atoms with Gasteiger partial charge in [-0.25, -0.2) is 4.79 Å². The zero-order valence-corrected chi connectivity index (χ0v) is 7.94. The van der Waals surface area contributed by atoms with E-state index in [1.807, 2.05) is 6.92 Å². The van der Waals surface area contributed by atoms with Crippen molar-refractivity contribution < 1.29 is 14.7 Å². The van der Waals surface area contributed by atoms with Gasteiger partial charge in [0.25, 0.3) is 5.91 Å². The molecule has 1 atom stereocenters. The van der Waals surface area contributed by atoms with E-state index in [2.05, 4.69) is 0 Å². The van der Waals surface area contributed by atoms with Crippen LogP contribution in [0.15, 0.2) is 0 Å². The van der Waals surface area contributed by atoms with Crippen LogP contribution < -0.4 is 0 Å². The van der Waals surface area contributed by atoms with Gasteiger partial charge in [0.1, 0.15) is 0 Å². The summed E-state index contributed by atoms with van der Waals surface area (Å²) in [4.78, 5) is 22.3. The number of hydrogen-bond donors (Lipinski definition) is 1. The Kier molecular flexibility index (Phi) is 2.69. The standard InChI is InChI=1S/C6H7NO3S2/c1-2-3-4(8)7(5(9)10)6(11)12-3/h3H,2H2,1H3,(H,9,10). The van der Waals surface area contributed by atoms with Crippen LogP contribution in [-0.2, 0) is 4.79 Å². The minimum Gasteiger partial charge on any atom is -0.464 e. The van der Waals surface area contributed by atoms with Gasteiger partial charge < -0.3 is 5.11 Å². The number of imide groups is 1. The molecule has 6 heteroatoms. The summed E-state index contributed by atoms with van der Waals surface area (Å²) >= 11 is 5.86. The van der Waals surface area contributed by atoms with Crippen molar-refractivity contribution in [1.29, 1.82) is 0 Å². The zero-order chi connectivity index (χ0) is 9.30. The Morgan fingerprint density at radius 3 is 2.67 bits per heavy atom. The Hall–Kier alpha value is -0.620. The molecular weight excluding hydrogens is 198 g/mol. The van der Waals surface area contributed by atoms with Crippen molar-refractivity contribution in [1.82, 2.24) is 4.90 Å². The molecule has 0 aromatic carbocycles. The first-order valence-electron chi connectivity index (χ1n) is 3.35. The lowest BCUT2D eigenvalue weighted by atomic mass is 10.3. The molecule has 0 spiro atoms. The predicted octanol–water partition coefficient (Wildman–Crippen LogP) is 1.30. The summed E-state index contributed by atoms with van der Waals surface area (Å²) in [6.07, 6.45) is -0.679. The topological polar surface area (TPSA) is 57.6 Å². The maximum absolute atomic E-state index is 11.2. The highest BCUT2D eigenvalue weighted by atomic mass is 32.2. The number of carboxylic acid groups (broad SMARTS) is 1. The molecule has 0 aromatic heterocycles. The monoisotopic (exact) mass is 205 g/mol. The molecular formula is C6H7NO3S2. The van der Waals surface area contributed by atoms with Gasteiger partial charge in [-0.2, -0.15) is 4.90 Å². The van der Waals surface area contributed by atoms with E-state index in [4.69, 9.17) is 17.3 Å². The quantitative estimate of drug-likeness (QED) is 0.654. The van der Waals surface area contributed by atoms with Crippen LogP contribution in [0, 0.1) is 0 Å². The fraction of sp³-hybridized carbons (Fsp3) is 0.500. The third-order valence-corrected chi connectivity index (χ3v) is 3.16. The van der Waals surface area contributed by atoms with E-state index in [1.54, 1.807) is 0 Å². The van der Waals surface area contributed by atoms with Crippen LogP contribution in [0.2, 0.25) is 0 Å². The van der Waals surface area contributed by atoms with E-state index in [-0.39, 0.29) is 9.57 Å². The summed E-state index contributed by atoms with van der Waals surface area (Å²) in [5.41, 5.74) is 0. The number of carbonyl (C=O) groups is 2. The maximum Gasteiger partial charge on any atom is 0.419 e. The number of rotatable bonds is 1. The SMILES string of the molecule is CCC1SC(=S)N(C(=O)O)C1=O. The molecule has 1 N–H and O–H groups in total. The second-order valence-electron chi connectivity index (χ2n) is 2.24. The van der Waals surface area contributed by atoms with Gasteiger partial charge >= 0.3 is 6.09 Å². The molecule has 1 heterocycles. The Morgan fingerprint density at radius 1 is 1.83 bits per heavy atom. The highest BCUT2D eigenvalue weighted by Gasteiger charge is 2.39. The van der Waals surface area contributed by atoms with Crippen LogP contribution in [0.25, 0.3) is 0 Å². The van der Waals surface area contributed by atoms with Crippen molar-refractivity contribution in [3.05, 3.63) is 0 Å². The van der Waals surface area contributed by atoms with Gasteiger partial charge in [-0.1, -0.05) is 30.9 Å². The molecule has 1 saturated heterocycles. The largest absolute Gasteiger partial charge is 0.464 e. The van der Waals surface area contributed by atoms with Gasteiger partial charge in [0, 0.05) is 0 Å². The fourth-order valence-electron chi connectivity index (χ4n) is 0.889. The molecule has 0 bridgehead atoms. The second kappa shape index (κ2) is 3.40. The van der Waals surface area contributed by atoms with Gasteiger partial charge in [-0.3, -0.25) is 4.79 Å². The van der Waals surface area contributed by atoms with E-state index in [1.165, 1.54) is 0 Å². The molecule has 12 heavy (non-hydrogen) atoms. The van der Waals surface area contributed by atoms with Crippen molar-refractivity contribution in [3.63, 3.8) is 0 Å². The van der Waals surface area contributed by atoms with Gasteiger partial charge in [-0.05, 0) is 6.42 Å². The van der Waals surface area contributed by atoms with Crippen molar-refractivity contribution in [2.75, 3.05) is 0 Å². The molecule has 0 radical (unpaired) electrons. The van der Waals surface area contributed by atoms with E-state index < -0.39 is 12.0 Å². The summed E-state index contributed by atoms with van der Waals surface area (Å²) in [6.45, 7) is 1.82. The summed E-state index contributed by atoms with van der Waals surface area (Å²) < 4.78 is 0.138. The lowest BCUT2D eigenvalue weighted by molar-refractivity contribution is -0.124. The van der Waals surface area contributed by atoms with Crippen molar-refractivity contribution in [2.45, 2.75) is 18.6 Å². The number of carbonyl (C=O) groups excluding carboxylic acids is 1. The minimum absolute atomic E-state index is 0.138. The van der Waals surface area contributed by atoms with E-state index in [0.29, 0.717) is 11.3 Å². The van der Waals surface area contributed by atoms with Crippen LogP contribution >= 0.6 is 24.0 Å². The van der Waals surface area contributed by atoms with Crippen molar-refractivity contribution in [2.24, 2.45) is 0 Å². The Bertz CT molecular complexity index is 253. The molecule has 1 aliphatic rings. The molecule has 0 aromatic rings. The second-order valence-corrected chi connectivity index (χ2v) is 4.07. The summed E-state index contributed by atoms with van der Waals surface area (Å²) in [5.74, 6) is -0.417. The maximum atomic E-state index is 11.2.